The van der Waals surface area contributed by atoms with E-state index in [1.54, 1.807) is 62.3 Å². The number of nitrogens with one attached hydrogen (secondary N) is 3. The molecule has 4 rings (SSSR count). The molecule has 0 unspecified atom stereocenters. The summed E-state index contributed by atoms with van der Waals surface area (Å²) < 4.78 is 18.9. The number of halogens is 2. The van der Waals surface area contributed by atoms with Crippen LogP contribution in [0.5, 0.6) is 0 Å². The number of anilines is 1. The summed E-state index contributed by atoms with van der Waals surface area (Å²) in [7, 11) is 0. The molecule has 1 amide bonds. The molecule has 1 fully saturated rings. The SMILES string of the molecule is CSCC[C@H](NC(=O)c1cc(NC[C@@H]2C[C@H](SC(=O)c3cccnc3)CN2)ccc1CCc1ccc(F)cc1)C(=O)OC(C)C.Cl. The second kappa shape index (κ2) is 18.9. The maximum atomic E-state index is 13.7. The van der Waals surface area contributed by atoms with Crippen LogP contribution >= 0.6 is 35.9 Å². The monoisotopic (exact) mass is 688 g/mol. The predicted octanol–water partition coefficient (Wildman–Crippen LogP) is 5.95. The van der Waals surface area contributed by atoms with Gasteiger partial charge < -0.3 is 20.7 Å². The highest BCUT2D eigenvalue weighted by atomic mass is 35.5. The van der Waals surface area contributed by atoms with Crippen LogP contribution in [0.15, 0.2) is 67.0 Å². The first-order chi connectivity index (χ1) is 21.7. The highest BCUT2D eigenvalue weighted by Crippen LogP contribution is 2.26. The smallest absolute Gasteiger partial charge is 0.328 e. The largest absolute Gasteiger partial charge is 0.461 e. The number of benzene rings is 2. The van der Waals surface area contributed by atoms with Crippen LogP contribution < -0.4 is 16.0 Å². The van der Waals surface area contributed by atoms with E-state index in [1.807, 2.05) is 24.5 Å². The van der Waals surface area contributed by atoms with Gasteiger partial charge in [0, 0.05) is 53.6 Å². The molecule has 46 heavy (non-hydrogen) atoms. The number of hydrogen-bond donors (Lipinski definition) is 3. The minimum Gasteiger partial charge on any atom is -0.461 e. The number of aromatic nitrogens is 1. The Morgan fingerprint density at radius 2 is 1.89 bits per heavy atom. The zero-order valence-electron chi connectivity index (χ0n) is 26.3. The molecule has 1 aliphatic heterocycles. The van der Waals surface area contributed by atoms with Gasteiger partial charge in [0.05, 0.1) is 6.10 Å². The number of carbonyl (C=O) groups excluding carboxylic acids is 3. The number of esters is 1. The van der Waals surface area contributed by atoms with E-state index in [-0.39, 0.29) is 46.6 Å². The molecule has 248 valence electrons. The van der Waals surface area contributed by atoms with Gasteiger partial charge in [-0.2, -0.15) is 11.8 Å². The van der Waals surface area contributed by atoms with E-state index in [4.69, 9.17) is 4.74 Å². The van der Waals surface area contributed by atoms with Crippen molar-refractivity contribution in [3.63, 3.8) is 0 Å². The second-order valence-corrected chi connectivity index (χ2v) is 13.5. The lowest BCUT2D eigenvalue weighted by atomic mass is 9.98. The third-order valence-corrected chi connectivity index (χ3v) is 9.19. The summed E-state index contributed by atoms with van der Waals surface area (Å²) >= 11 is 2.93. The molecule has 1 saturated heterocycles. The van der Waals surface area contributed by atoms with Gasteiger partial charge in [0.15, 0.2) is 0 Å². The third kappa shape index (κ3) is 11.6. The van der Waals surface area contributed by atoms with Crippen molar-refractivity contribution in [2.24, 2.45) is 0 Å². The predicted molar refractivity (Wildman–Crippen MR) is 188 cm³/mol. The summed E-state index contributed by atoms with van der Waals surface area (Å²) in [4.78, 5) is 43.2. The van der Waals surface area contributed by atoms with Crippen LogP contribution in [0.2, 0.25) is 0 Å². The topological polar surface area (TPSA) is 109 Å². The number of rotatable bonds is 15. The zero-order valence-corrected chi connectivity index (χ0v) is 28.7. The summed E-state index contributed by atoms with van der Waals surface area (Å²) in [6.45, 7) is 4.91. The third-order valence-electron chi connectivity index (χ3n) is 7.41. The van der Waals surface area contributed by atoms with E-state index in [0.717, 1.165) is 29.8 Å². The standard InChI is InChI=1S/C34H41FN4O4S2.ClH/c1-22(2)43-33(41)31(14-16-44-3)39-32(40)30-18-27(13-10-24(30)9-6-23-7-11-26(35)12-8-23)37-20-28-17-29(21-38-28)45-34(42)25-5-4-15-36-19-25;/h4-5,7-8,10-13,15,18-19,22,28-29,31,37-38H,6,9,14,16-17,20-21H2,1-3H3,(H,39,40);1H/t28-,29-,31-;/m0./s1. The first kappa shape index (κ1) is 37.3. The minimum atomic E-state index is -0.764. The Morgan fingerprint density at radius 1 is 1.11 bits per heavy atom. The van der Waals surface area contributed by atoms with Gasteiger partial charge >= 0.3 is 5.97 Å². The Hall–Kier alpha value is -3.12. The van der Waals surface area contributed by atoms with Crippen molar-refractivity contribution in [2.75, 3.05) is 30.4 Å². The van der Waals surface area contributed by atoms with Gasteiger partial charge in [-0.15, -0.1) is 12.4 Å². The number of hydrogen-bond acceptors (Lipinski definition) is 9. The molecule has 0 aliphatic carbocycles. The Morgan fingerprint density at radius 3 is 2.59 bits per heavy atom. The Bertz CT molecular complexity index is 1430. The fraction of sp³-hybridized carbons (Fsp3) is 0.412. The number of aryl methyl sites for hydroxylation is 2. The Labute approximate surface area is 285 Å². The van der Waals surface area contributed by atoms with E-state index >= 15 is 0 Å². The van der Waals surface area contributed by atoms with Crippen LogP contribution in [0.1, 0.15) is 58.5 Å². The number of amides is 1. The van der Waals surface area contributed by atoms with Crippen molar-refractivity contribution in [1.82, 2.24) is 15.6 Å². The summed E-state index contributed by atoms with van der Waals surface area (Å²) in [5.74, 6) is -0.389. The van der Waals surface area contributed by atoms with Crippen LogP contribution in [-0.2, 0) is 22.4 Å². The average molecular weight is 689 g/mol. The summed E-state index contributed by atoms with van der Waals surface area (Å²) in [6, 6.07) is 15.0. The van der Waals surface area contributed by atoms with E-state index in [1.165, 1.54) is 23.9 Å². The van der Waals surface area contributed by atoms with Crippen molar-refractivity contribution < 1.29 is 23.5 Å². The van der Waals surface area contributed by atoms with Gasteiger partial charge in [-0.1, -0.05) is 30.0 Å². The number of nitrogens with zero attached hydrogens (tertiary/aromatic N) is 1. The number of thioether (sulfide) groups is 2. The van der Waals surface area contributed by atoms with Crippen molar-refractivity contribution in [3.05, 3.63) is 95.1 Å². The molecule has 0 spiro atoms. The fourth-order valence-electron chi connectivity index (χ4n) is 5.05. The van der Waals surface area contributed by atoms with E-state index in [0.29, 0.717) is 42.7 Å². The van der Waals surface area contributed by atoms with Crippen LogP contribution in [0.4, 0.5) is 10.1 Å². The zero-order chi connectivity index (χ0) is 32.2. The molecule has 0 radical (unpaired) electrons. The lowest BCUT2D eigenvalue weighted by Gasteiger charge is -2.20. The van der Waals surface area contributed by atoms with Gasteiger partial charge in [0.2, 0.25) is 5.12 Å². The Kier molecular flexibility index (Phi) is 15.3. The van der Waals surface area contributed by atoms with Gasteiger partial charge in [-0.3, -0.25) is 14.6 Å². The maximum Gasteiger partial charge on any atom is 0.328 e. The summed E-state index contributed by atoms with van der Waals surface area (Å²) in [5, 5.41) is 10.0. The number of ether oxygens (including phenoxy) is 1. The molecular weight excluding hydrogens is 647 g/mol. The van der Waals surface area contributed by atoms with Gasteiger partial charge in [-0.05, 0) is 99.1 Å². The molecule has 2 heterocycles. The maximum absolute atomic E-state index is 13.7. The molecule has 3 aromatic rings. The molecule has 2 aromatic carbocycles. The van der Waals surface area contributed by atoms with Crippen molar-refractivity contribution in [1.29, 1.82) is 0 Å². The van der Waals surface area contributed by atoms with Crippen LogP contribution in [0.3, 0.4) is 0 Å². The van der Waals surface area contributed by atoms with Crippen molar-refractivity contribution >= 4 is 58.6 Å². The molecule has 0 saturated carbocycles. The Balaban J connectivity index is 0.00000576. The van der Waals surface area contributed by atoms with Gasteiger partial charge in [0.25, 0.3) is 5.91 Å². The lowest BCUT2D eigenvalue weighted by molar-refractivity contribution is -0.149. The van der Waals surface area contributed by atoms with E-state index in [2.05, 4.69) is 20.9 Å². The molecular formula is C34H42ClFN4O4S2. The van der Waals surface area contributed by atoms with Crippen LogP contribution in [-0.4, -0.2) is 70.5 Å². The van der Waals surface area contributed by atoms with E-state index in [9.17, 15) is 18.8 Å². The van der Waals surface area contributed by atoms with E-state index < -0.39 is 12.0 Å². The summed E-state index contributed by atoms with van der Waals surface area (Å²) in [6.07, 6.45) is 7.37. The fourth-order valence-corrected chi connectivity index (χ4v) is 6.59. The molecule has 0 bridgehead atoms. The lowest BCUT2D eigenvalue weighted by Crippen LogP contribution is -2.43. The molecule has 8 nitrogen and oxygen atoms in total. The number of pyridine rings is 1. The first-order valence-corrected chi connectivity index (χ1v) is 17.4. The molecule has 3 atom stereocenters. The number of carbonyl (C=O) groups is 3. The normalized spacial score (nSPS) is 16.4. The van der Waals surface area contributed by atoms with Crippen molar-refractivity contribution in [3.8, 4) is 0 Å². The molecule has 3 N–H and O–H groups in total. The summed E-state index contributed by atoms with van der Waals surface area (Å²) in [5.41, 5.74) is 3.64. The van der Waals surface area contributed by atoms with Crippen molar-refractivity contribution in [2.45, 2.75) is 63.0 Å². The molecule has 12 heteroatoms. The molecule has 1 aliphatic rings. The highest BCUT2D eigenvalue weighted by molar-refractivity contribution is 8.14. The minimum absolute atomic E-state index is 0. The van der Waals surface area contributed by atoms with Gasteiger partial charge in [0.1, 0.15) is 11.9 Å². The average Bonchev–Trinajstić information content (AvgIpc) is 3.49. The van der Waals surface area contributed by atoms with Gasteiger partial charge in [-0.25, -0.2) is 9.18 Å². The quantitative estimate of drug-likeness (QED) is 0.167. The second-order valence-electron chi connectivity index (χ2n) is 11.3. The highest BCUT2D eigenvalue weighted by Gasteiger charge is 2.28. The van der Waals surface area contributed by atoms with Crippen LogP contribution in [0.25, 0.3) is 0 Å². The first-order valence-electron chi connectivity index (χ1n) is 15.2. The van der Waals surface area contributed by atoms with Crippen LogP contribution in [0, 0.1) is 5.82 Å². The molecule has 1 aromatic heterocycles.